The van der Waals surface area contributed by atoms with E-state index in [2.05, 4.69) is 20.7 Å². The number of H-pyrrole nitrogens is 1. The Kier molecular flexibility index (Phi) is 7.30. The number of nitrogens with zero attached hydrogens (tertiary/aromatic N) is 2. The zero-order chi connectivity index (χ0) is 22.9. The largest absolute Gasteiger partial charge is 0.489 e. The molecule has 0 fully saturated rings. The Labute approximate surface area is 196 Å². The molecule has 6 nitrogen and oxygen atoms in total. The van der Waals surface area contributed by atoms with Gasteiger partial charge in [-0.3, -0.25) is 9.89 Å². The lowest BCUT2D eigenvalue weighted by molar-refractivity contribution is 0.0950. The molecule has 33 heavy (non-hydrogen) atoms. The van der Waals surface area contributed by atoms with E-state index >= 15 is 0 Å². The molecule has 0 atom stereocenters. The smallest absolute Gasteiger partial charge is 0.289 e. The van der Waals surface area contributed by atoms with Gasteiger partial charge in [-0.15, -0.1) is 0 Å². The fraction of sp³-hybridized carbons (Fsp3) is 0.0385. The Morgan fingerprint density at radius 3 is 2.70 bits per heavy atom. The Hall–Kier alpha value is -4.16. The van der Waals surface area contributed by atoms with E-state index < -0.39 is 0 Å². The maximum atomic E-state index is 12.3. The van der Waals surface area contributed by atoms with Crippen LogP contribution < -0.4 is 10.2 Å². The van der Waals surface area contributed by atoms with Crippen LogP contribution in [0, 0.1) is 0 Å². The van der Waals surface area contributed by atoms with Gasteiger partial charge in [-0.25, -0.2) is 5.43 Å². The summed E-state index contributed by atoms with van der Waals surface area (Å²) in [5.74, 6) is 0.292. The number of ether oxygens (including phenoxy) is 1. The van der Waals surface area contributed by atoms with Crippen LogP contribution >= 0.6 is 11.6 Å². The summed E-state index contributed by atoms with van der Waals surface area (Å²) in [6.07, 6.45) is 5.16. The summed E-state index contributed by atoms with van der Waals surface area (Å²) in [6.45, 7) is 0.355. The van der Waals surface area contributed by atoms with Gasteiger partial charge in [-0.05, 0) is 35.9 Å². The predicted molar refractivity (Wildman–Crippen MR) is 131 cm³/mol. The monoisotopic (exact) mass is 456 g/mol. The molecule has 7 heteroatoms. The van der Waals surface area contributed by atoms with Gasteiger partial charge in [0, 0.05) is 22.4 Å². The van der Waals surface area contributed by atoms with Crippen LogP contribution in [0.5, 0.6) is 5.75 Å². The SMILES string of the molecule is O=C(N/N=C\C=C\c1ccccc1)c1cc(-c2cccc(OCc3ccccc3Cl)c2)n[nH]1. The number of carbonyl (C=O) groups is 1. The fourth-order valence-corrected chi connectivity index (χ4v) is 3.22. The molecule has 0 saturated heterocycles. The van der Waals surface area contributed by atoms with Crippen LogP contribution in [0.25, 0.3) is 17.3 Å². The van der Waals surface area contributed by atoms with Gasteiger partial charge in [-0.2, -0.15) is 10.2 Å². The highest BCUT2D eigenvalue weighted by molar-refractivity contribution is 6.31. The van der Waals surface area contributed by atoms with Crippen LogP contribution in [-0.2, 0) is 6.61 Å². The zero-order valence-corrected chi connectivity index (χ0v) is 18.4. The fourth-order valence-electron chi connectivity index (χ4n) is 3.03. The van der Waals surface area contributed by atoms with Crippen LogP contribution in [0.15, 0.2) is 96.1 Å². The number of amides is 1. The van der Waals surface area contributed by atoms with Crippen LogP contribution in [0.2, 0.25) is 5.02 Å². The Bertz CT molecular complexity index is 1280. The number of hydrogen-bond donors (Lipinski definition) is 2. The molecule has 4 rings (SSSR count). The van der Waals surface area contributed by atoms with Gasteiger partial charge in [-0.1, -0.05) is 78.3 Å². The number of carbonyl (C=O) groups excluding carboxylic acids is 1. The molecule has 0 unspecified atom stereocenters. The number of allylic oxidation sites excluding steroid dienone is 1. The minimum Gasteiger partial charge on any atom is -0.489 e. The first-order valence-electron chi connectivity index (χ1n) is 10.3. The van der Waals surface area contributed by atoms with Gasteiger partial charge in [0.1, 0.15) is 18.1 Å². The summed E-state index contributed by atoms with van der Waals surface area (Å²) >= 11 is 6.19. The predicted octanol–water partition coefficient (Wildman–Crippen LogP) is 5.74. The molecule has 1 aromatic heterocycles. The van der Waals surface area contributed by atoms with Gasteiger partial charge in [0.05, 0.1) is 5.69 Å². The molecule has 1 amide bonds. The number of benzene rings is 3. The van der Waals surface area contributed by atoms with E-state index in [9.17, 15) is 4.79 Å². The average molecular weight is 457 g/mol. The number of nitrogens with one attached hydrogen (secondary N) is 2. The lowest BCUT2D eigenvalue weighted by atomic mass is 10.1. The van der Waals surface area contributed by atoms with Gasteiger partial charge >= 0.3 is 0 Å². The lowest BCUT2D eigenvalue weighted by Crippen LogP contribution is -2.17. The van der Waals surface area contributed by atoms with Crippen molar-refractivity contribution in [2.24, 2.45) is 5.10 Å². The number of hydrogen-bond acceptors (Lipinski definition) is 4. The molecule has 0 aliphatic heterocycles. The van der Waals surface area contributed by atoms with Crippen molar-refractivity contribution >= 4 is 29.8 Å². The third-order valence-electron chi connectivity index (χ3n) is 4.72. The van der Waals surface area contributed by atoms with Crippen molar-refractivity contribution in [1.82, 2.24) is 15.6 Å². The zero-order valence-electron chi connectivity index (χ0n) is 17.6. The van der Waals surface area contributed by atoms with Gasteiger partial charge < -0.3 is 4.74 Å². The first kappa shape index (κ1) is 22.0. The van der Waals surface area contributed by atoms with Crippen molar-refractivity contribution in [1.29, 1.82) is 0 Å². The average Bonchev–Trinajstić information content (AvgIpc) is 3.35. The van der Waals surface area contributed by atoms with Crippen molar-refractivity contribution in [3.63, 3.8) is 0 Å². The highest BCUT2D eigenvalue weighted by atomic mass is 35.5. The van der Waals surface area contributed by atoms with Crippen molar-refractivity contribution in [3.05, 3.63) is 113 Å². The van der Waals surface area contributed by atoms with Gasteiger partial charge in [0.25, 0.3) is 5.91 Å². The topological polar surface area (TPSA) is 79.4 Å². The van der Waals surface area contributed by atoms with Crippen LogP contribution in [0.3, 0.4) is 0 Å². The summed E-state index contributed by atoms with van der Waals surface area (Å²) < 4.78 is 5.87. The maximum absolute atomic E-state index is 12.3. The molecule has 0 spiro atoms. The molecule has 3 aromatic carbocycles. The van der Waals surface area contributed by atoms with E-state index in [-0.39, 0.29) is 5.91 Å². The summed E-state index contributed by atoms with van der Waals surface area (Å²) in [4.78, 5) is 12.3. The Morgan fingerprint density at radius 1 is 1.03 bits per heavy atom. The van der Waals surface area contributed by atoms with Crippen molar-refractivity contribution < 1.29 is 9.53 Å². The molecule has 1 heterocycles. The number of hydrazone groups is 1. The van der Waals surface area contributed by atoms with Gasteiger partial charge in [0.2, 0.25) is 0 Å². The normalized spacial score (nSPS) is 11.2. The second kappa shape index (κ2) is 10.9. The molecule has 164 valence electrons. The van der Waals surface area contributed by atoms with E-state index in [0.717, 1.165) is 16.7 Å². The summed E-state index contributed by atoms with van der Waals surface area (Å²) in [5, 5.41) is 11.6. The summed E-state index contributed by atoms with van der Waals surface area (Å²) in [6, 6.07) is 26.5. The first-order valence-corrected chi connectivity index (χ1v) is 10.6. The molecule has 0 aliphatic carbocycles. The molecule has 0 bridgehead atoms. The second-order valence-corrected chi connectivity index (χ2v) is 7.47. The standard InChI is InChI=1S/C26H21ClN4O2/c27-23-14-5-4-11-21(23)18-33-22-13-6-12-20(16-22)24-17-25(30-29-24)26(32)31-28-15-7-10-19-8-2-1-3-9-19/h1-17H,18H2,(H,29,30)(H,31,32)/b10-7+,28-15-. The number of halogens is 1. The van der Waals surface area contributed by atoms with Crippen molar-refractivity contribution in [3.8, 4) is 17.0 Å². The van der Waals surface area contributed by atoms with E-state index in [0.29, 0.717) is 28.8 Å². The third kappa shape index (κ3) is 6.18. The third-order valence-corrected chi connectivity index (χ3v) is 5.09. The minimum atomic E-state index is -0.385. The highest BCUT2D eigenvalue weighted by Crippen LogP contribution is 2.24. The maximum Gasteiger partial charge on any atom is 0.289 e. The lowest BCUT2D eigenvalue weighted by Gasteiger charge is -2.08. The first-order chi connectivity index (χ1) is 16.2. The quantitative estimate of drug-likeness (QED) is 0.262. The number of aromatic nitrogens is 2. The molecular weight excluding hydrogens is 436 g/mol. The number of rotatable bonds is 8. The van der Waals surface area contributed by atoms with Gasteiger partial charge in [0.15, 0.2) is 0 Å². The molecule has 2 N–H and O–H groups in total. The Morgan fingerprint density at radius 2 is 1.85 bits per heavy atom. The molecule has 0 saturated carbocycles. The highest BCUT2D eigenvalue weighted by Gasteiger charge is 2.11. The van der Waals surface area contributed by atoms with E-state index in [4.69, 9.17) is 16.3 Å². The second-order valence-electron chi connectivity index (χ2n) is 7.06. The molecule has 4 aromatic rings. The van der Waals surface area contributed by atoms with E-state index in [1.165, 1.54) is 6.21 Å². The van der Waals surface area contributed by atoms with Crippen molar-refractivity contribution in [2.45, 2.75) is 6.61 Å². The number of aromatic amines is 1. The molecule has 0 radical (unpaired) electrons. The summed E-state index contributed by atoms with van der Waals surface area (Å²) in [7, 11) is 0. The van der Waals surface area contributed by atoms with Crippen LogP contribution in [0.4, 0.5) is 0 Å². The molecule has 0 aliphatic rings. The van der Waals surface area contributed by atoms with E-state index in [1.54, 1.807) is 12.1 Å². The van der Waals surface area contributed by atoms with Crippen LogP contribution in [-0.4, -0.2) is 22.3 Å². The van der Waals surface area contributed by atoms with Crippen LogP contribution in [0.1, 0.15) is 21.6 Å². The Balaban J connectivity index is 1.35. The van der Waals surface area contributed by atoms with E-state index in [1.807, 2.05) is 84.9 Å². The minimum absolute atomic E-state index is 0.302. The van der Waals surface area contributed by atoms with Crippen molar-refractivity contribution in [2.75, 3.05) is 0 Å². The summed E-state index contributed by atoms with van der Waals surface area (Å²) in [5.41, 5.74) is 6.17. The molecular formula is C26H21ClN4O2.